The van der Waals surface area contributed by atoms with Crippen molar-refractivity contribution in [2.75, 3.05) is 5.75 Å². The minimum atomic E-state index is -0.710. The van der Waals surface area contributed by atoms with Crippen LogP contribution in [0.15, 0.2) is 48.5 Å². The maximum atomic E-state index is 13.5. The molecule has 1 aliphatic rings. The van der Waals surface area contributed by atoms with Gasteiger partial charge in [-0.25, -0.2) is 0 Å². The van der Waals surface area contributed by atoms with E-state index in [0.717, 1.165) is 45.0 Å². The number of thiocyanates is 1. The van der Waals surface area contributed by atoms with Gasteiger partial charge in [-0.2, -0.15) is 5.26 Å². The number of carbonyl (C=O) groups excluding carboxylic acids is 1. The van der Waals surface area contributed by atoms with Crippen LogP contribution in [-0.2, 0) is 5.41 Å². The third-order valence-electron chi connectivity index (χ3n) is 5.00. The van der Waals surface area contributed by atoms with Crippen molar-refractivity contribution in [1.29, 1.82) is 5.26 Å². The second kappa shape index (κ2) is 5.25. The van der Waals surface area contributed by atoms with Gasteiger partial charge in [0.15, 0.2) is 0 Å². The van der Waals surface area contributed by atoms with Crippen molar-refractivity contribution in [2.24, 2.45) is 0 Å². The number of thioether (sulfide) groups is 1. The third kappa shape index (κ3) is 1.82. The van der Waals surface area contributed by atoms with Gasteiger partial charge in [0, 0.05) is 16.7 Å². The summed E-state index contributed by atoms with van der Waals surface area (Å²) in [4.78, 5) is 13.5. The van der Waals surface area contributed by atoms with Gasteiger partial charge in [0.25, 0.3) is 0 Å². The van der Waals surface area contributed by atoms with E-state index in [0.29, 0.717) is 5.75 Å². The van der Waals surface area contributed by atoms with Crippen LogP contribution >= 0.6 is 11.8 Å². The lowest BCUT2D eigenvalue weighted by Gasteiger charge is -2.35. The van der Waals surface area contributed by atoms with Crippen molar-refractivity contribution in [2.45, 2.75) is 19.3 Å². The SMILES string of the molecule is Cc1c2n(c3ccccc13)C(=O)[C@](C)(CSC#N)c1ccccc1-2. The monoisotopic (exact) mass is 332 g/mol. The van der Waals surface area contributed by atoms with Gasteiger partial charge in [-0.05, 0) is 42.8 Å². The molecule has 2 aromatic carbocycles. The Morgan fingerprint density at radius 2 is 1.88 bits per heavy atom. The van der Waals surface area contributed by atoms with Crippen LogP contribution < -0.4 is 0 Å². The molecule has 4 rings (SSSR count). The maximum absolute atomic E-state index is 13.5. The number of benzene rings is 2. The van der Waals surface area contributed by atoms with Crippen molar-refractivity contribution in [3.05, 3.63) is 59.7 Å². The van der Waals surface area contributed by atoms with Crippen LogP contribution in [0.25, 0.3) is 22.2 Å². The van der Waals surface area contributed by atoms with Gasteiger partial charge >= 0.3 is 0 Å². The van der Waals surface area contributed by atoms with E-state index in [1.54, 1.807) is 0 Å². The molecule has 0 aliphatic carbocycles. The molecule has 118 valence electrons. The molecule has 1 aromatic heterocycles. The summed E-state index contributed by atoms with van der Waals surface area (Å²) in [7, 11) is 0. The molecule has 2 heterocycles. The lowest BCUT2D eigenvalue weighted by molar-refractivity contribution is 0.0828. The van der Waals surface area contributed by atoms with E-state index in [2.05, 4.69) is 24.5 Å². The summed E-state index contributed by atoms with van der Waals surface area (Å²) in [5.41, 5.74) is 4.44. The third-order valence-corrected chi connectivity index (χ3v) is 5.86. The van der Waals surface area contributed by atoms with Crippen LogP contribution in [-0.4, -0.2) is 16.2 Å². The highest BCUT2D eigenvalue weighted by atomic mass is 32.2. The molecule has 0 fully saturated rings. The summed E-state index contributed by atoms with van der Waals surface area (Å²) in [6, 6.07) is 16.1. The number of rotatable bonds is 2. The Labute approximate surface area is 144 Å². The van der Waals surface area contributed by atoms with Crippen LogP contribution in [0.4, 0.5) is 0 Å². The minimum Gasteiger partial charge on any atom is -0.279 e. The molecule has 0 bridgehead atoms. The van der Waals surface area contributed by atoms with E-state index < -0.39 is 5.41 Å². The molecule has 0 N–H and O–H groups in total. The van der Waals surface area contributed by atoms with Gasteiger partial charge in [-0.15, -0.1) is 0 Å². The maximum Gasteiger partial charge on any atom is 0.242 e. The van der Waals surface area contributed by atoms with Crippen molar-refractivity contribution in [1.82, 2.24) is 4.57 Å². The van der Waals surface area contributed by atoms with Gasteiger partial charge in [0.1, 0.15) is 5.40 Å². The summed E-state index contributed by atoms with van der Waals surface area (Å²) in [5.74, 6) is 0.493. The second-order valence-electron chi connectivity index (χ2n) is 6.39. The van der Waals surface area contributed by atoms with Crippen molar-refractivity contribution in [3.8, 4) is 16.7 Å². The molecule has 0 saturated heterocycles. The Hall–Kier alpha value is -2.51. The number of nitrogens with zero attached hydrogens (tertiary/aromatic N) is 2. The number of fused-ring (bicyclic) bond motifs is 5. The van der Waals surface area contributed by atoms with E-state index in [-0.39, 0.29) is 5.91 Å². The molecule has 0 saturated carbocycles. The van der Waals surface area contributed by atoms with E-state index in [9.17, 15) is 4.79 Å². The highest BCUT2D eigenvalue weighted by molar-refractivity contribution is 8.03. The van der Waals surface area contributed by atoms with E-state index in [1.807, 2.05) is 47.9 Å². The lowest BCUT2D eigenvalue weighted by Crippen LogP contribution is -2.42. The molecular weight excluding hydrogens is 316 g/mol. The predicted octanol–water partition coefficient (Wildman–Crippen LogP) is 4.74. The molecule has 1 atom stereocenters. The predicted molar refractivity (Wildman–Crippen MR) is 98.2 cm³/mol. The summed E-state index contributed by atoms with van der Waals surface area (Å²) >= 11 is 1.14. The van der Waals surface area contributed by atoms with Crippen molar-refractivity contribution in [3.63, 3.8) is 0 Å². The fourth-order valence-electron chi connectivity index (χ4n) is 3.78. The molecule has 0 unspecified atom stereocenters. The van der Waals surface area contributed by atoms with Crippen LogP contribution in [0.2, 0.25) is 0 Å². The summed E-state index contributed by atoms with van der Waals surface area (Å²) in [6.45, 7) is 4.02. The quantitative estimate of drug-likeness (QED) is 0.637. The average Bonchev–Trinajstić information content (AvgIpc) is 2.91. The largest absolute Gasteiger partial charge is 0.279 e. The van der Waals surface area contributed by atoms with Crippen LogP contribution in [0.3, 0.4) is 0 Å². The van der Waals surface area contributed by atoms with Gasteiger partial charge < -0.3 is 0 Å². The molecule has 0 spiro atoms. The van der Waals surface area contributed by atoms with Crippen molar-refractivity contribution >= 4 is 28.6 Å². The first kappa shape index (κ1) is 15.0. The Morgan fingerprint density at radius 1 is 1.17 bits per heavy atom. The molecule has 0 amide bonds. The average molecular weight is 332 g/mol. The normalized spacial score (nSPS) is 19.0. The molecule has 3 aromatic rings. The Morgan fingerprint density at radius 3 is 2.67 bits per heavy atom. The number of carbonyl (C=O) groups is 1. The van der Waals surface area contributed by atoms with E-state index >= 15 is 0 Å². The smallest absolute Gasteiger partial charge is 0.242 e. The summed E-state index contributed by atoms with van der Waals surface area (Å²) in [5, 5.41) is 12.2. The van der Waals surface area contributed by atoms with E-state index in [4.69, 9.17) is 5.26 Å². The minimum absolute atomic E-state index is 0.0447. The Bertz CT molecular complexity index is 1030. The van der Waals surface area contributed by atoms with Crippen LogP contribution in [0, 0.1) is 17.6 Å². The molecule has 24 heavy (non-hydrogen) atoms. The lowest BCUT2D eigenvalue weighted by atomic mass is 9.77. The zero-order valence-corrected chi connectivity index (χ0v) is 14.4. The van der Waals surface area contributed by atoms with Gasteiger partial charge in [-0.3, -0.25) is 9.36 Å². The fourth-order valence-corrected chi connectivity index (χ4v) is 4.42. The first-order valence-corrected chi connectivity index (χ1v) is 8.84. The topological polar surface area (TPSA) is 45.8 Å². The number of aromatic nitrogens is 1. The Balaban J connectivity index is 2.11. The first-order valence-electron chi connectivity index (χ1n) is 7.85. The fraction of sp³-hybridized carbons (Fsp3) is 0.200. The number of hydrogen-bond acceptors (Lipinski definition) is 3. The molecule has 0 radical (unpaired) electrons. The first-order chi connectivity index (χ1) is 11.6. The summed E-state index contributed by atoms with van der Waals surface area (Å²) in [6.07, 6.45) is 0. The zero-order chi connectivity index (χ0) is 16.9. The van der Waals surface area contributed by atoms with Gasteiger partial charge in [-0.1, -0.05) is 42.5 Å². The molecular formula is C20H16N2OS. The summed E-state index contributed by atoms with van der Waals surface area (Å²) < 4.78 is 1.85. The van der Waals surface area contributed by atoms with Crippen LogP contribution in [0.5, 0.6) is 0 Å². The molecule has 4 heteroatoms. The van der Waals surface area contributed by atoms with Gasteiger partial charge in [0.2, 0.25) is 5.91 Å². The number of hydrogen-bond donors (Lipinski definition) is 0. The number of para-hydroxylation sites is 1. The highest BCUT2D eigenvalue weighted by Gasteiger charge is 2.44. The standard InChI is InChI=1S/C20H16N2OS/c1-13-14-7-4-6-10-17(14)22-18(13)15-8-3-5-9-16(15)20(2,19(22)23)11-24-12-21/h3-10H,11H2,1-2H3/t20-/m1/s1. The van der Waals surface area contributed by atoms with E-state index in [1.165, 1.54) is 0 Å². The van der Waals surface area contributed by atoms with Crippen molar-refractivity contribution < 1.29 is 4.79 Å². The number of nitriles is 1. The molecule has 1 aliphatic heterocycles. The van der Waals surface area contributed by atoms with Gasteiger partial charge in [0.05, 0.1) is 16.6 Å². The zero-order valence-electron chi connectivity index (χ0n) is 13.5. The Kier molecular flexibility index (Phi) is 3.29. The highest BCUT2D eigenvalue weighted by Crippen LogP contribution is 2.45. The number of aryl methyl sites for hydroxylation is 1. The van der Waals surface area contributed by atoms with Crippen LogP contribution in [0.1, 0.15) is 22.8 Å². The molecule has 3 nitrogen and oxygen atoms in total. The second-order valence-corrected chi connectivity index (χ2v) is 7.15.